The number of carbonyl (C=O) groups excluding carboxylic acids is 1. The first-order chi connectivity index (χ1) is 14.2. The third-order valence-corrected chi connectivity index (χ3v) is 5.52. The van der Waals surface area contributed by atoms with Gasteiger partial charge in [-0.05, 0) is 41.7 Å². The van der Waals surface area contributed by atoms with Gasteiger partial charge in [-0.1, -0.05) is 45.0 Å². The number of para-hydroxylation sites is 1. The Labute approximate surface area is 175 Å². The Morgan fingerprint density at radius 1 is 1.07 bits per heavy atom. The zero-order chi connectivity index (χ0) is 21.9. The van der Waals surface area contributed by atoms with Gasteiger partial charge in [-0.3, -0.25) is 0 Å². The van der Waals surface area contributed by atoms with Gasteiger partial charge in [0.1, 0.15) is 0 Å². The number of carbonyl (C=O) groups is 1. The van der Waals surface area contributed by atoms with E-state index in [2.05, 4.69) is 26.1 Å². The van der Waals surface area contributed by atoms with Crippen molar-refractivity contribution >= 4 is 17.4 Å². The Balaban J connectivity index is 1.67. The number of rotatable bonds is 4. The standard InChI is InChI=1S/C23H28F3N3O/c1-4-17-7-5-10-20(16(2)3)21(17)27-22(30)29-13-11-28(12-14-29)19-9-6-8-18(15-19)23(24,25)26/h5-10,15-16H,4,11-14H2,1-3H3,(H,27,30). The fraction of sp³-hybridized carbons (Fsp3) is 0.435. The van der Waals surface area contributed by atoms with E-state index >= 15 is 0 Å². The number of benzene rings is 2. The van der Waals surface area contributed by atoms with Crippen LogP contribution < -0.4 is 10.2 Å². The van der Waals surface area contributed by atoms with Gasteiger partial charge in [0.15, 0.2) is 0 Å². The molecular weight excluding hydrogens is 391 g/mol. The van der Waals surface area contributed by atoms with E-state index < -0.39 is 11.7 Å². The Bertz CT molecular complexity index is 888. The molecule has 30 heavy (non-hydrogen) atoms. The van der Waals surface area contributed by atoms with Crippen LogP contribution in [0.5, 0.6) is 0 Å². The molecule has 4 nitrogen and oxygen atoms in total. The fourth-order valence-electron chi connectivity index (χ4n) is 3.78. The van der Waals surface area contributed by atoms with E-state index in [0.717, 1.165) is 29.3 Å². The van der Waals surface area contributed by atoms with Crippen LogP contribution in [-0.2, 0) is 12.6 Å². The van der Waals surface area contributed by atoms with Crippen molar-refractivity contribution in [2.75, 3.05) is 36.4 Å². The molecular formula is C23H28F3N3O. The molecule has 0 spiro atoms. The highest BCUT2D eigenvalue weighted by Gasteiger charge is 2.31. The minimum absolute atomic E-state index is 0.165. The zero-order valence-corrected chi connectivity index (χ0v) is 17.6. The maximum absolute atomic E-state index is 13.0. The van der Waals surface area contributed by atoms with Crippen molar-refractivity contribution in [3.8, 4) is 0 Å². The second kappa shape index (κ2) is 8.98. The molecule has 0 aromatic heterocycles. The lowest BCUT2D eigenvalue weighted by molar-refractivity contribution is -0.137. The zero-order valence-electron chi connectivity index (χ0n) is 17.6. The molecule has 3 rings (SSSR count). The van der Waals surface area contributed by atoms with Gasteiger partial charge >= 0.3 is 12.2 Å². The highest BCUT2D eigenvalue weighted by atomic mass is 19.4. The number of alkyl halides is 3. The van der Waals surface area contributed by atoms with Crippen LogP contribution in [0.3, 0.4) is 0 Å². The van der Waals surface area contributed by atoms with Gasteiger partial charge in [0.05, 0.1) is 5.56 Å². The molecule has 1 aliphatic heterocycles. The molecule has 7 heteroatoms. The van der Waals surface area contributed by atoms with Crippen molar-refractivity contribution < 1.29 is 18.0 Å². The van der Waals surface area contributed by atoms with Crippen LogP contribution in [0.15, 0.2) is 42.5 Å². The SMILES string of the molecule is CCc1cccc(C(C)C)c1NC(=O)N1CCN(c2cccc(C(F)(F)F)c2)CC1. The fourth-order valence-corrected chi connectivity index (χ4v) is 3.78. The van der Waals surface area contributed by atoms with Crippen LogP contribution in [0.1, 0.15) is 43.4 Å². The molecule has 2 aromatic rings. The highest BCUT2D eigenvalue weighted by Crippen LogP contribution is 2.32. The molecule has 0 bridgehead atoms. The number of piperazine rings is 1. The minimum atomic E-state index is -4.36. The number of anilines is 2. The van der Waals surface area contributed by atoms with Gasteiger partial charge < -0.3 is 15.1 Å². The number of nitrogens with zero attached hydrogens (tertiary/aromatic N) is 2. The van der Waals surface area contributed by atoms with Gasteiger partial charge in [-0.2, -0.15) is 13.2 Å². The first kappa shape index (κ1) is 22.0. The van der Waals surface area contributed by atoms with Crippen LogP contribution in [-0.4, -0.2) is 37.1 Å². The summed E-state index contributed by atoms with van der Waals surface area (Å²) in [6.07, 6.45) is -3.54. The van der Waals surface area contributed by atoms with Crippen molar-refractivity contribution in [2.45, 2.75) is 39.3 Å². The predicted molar refractivity (Wildman–Crippen MR) is 114 cm³/mol. The topological polar surface area (TPSA) is 35.6 Å². The van der Waals surface area contributed by atoms with Crippen molar-refractivity contribution in [2.24, 2.45) is 0 Å². The Morgan fingerprint density at radius 3 is 2.33 bits per heavy atom. The smallest absolute Gasteiger partial charge is 0.368 e. The van der Waals surface area contributed by atoms with E-state index in [1.54, 1.807) is 11.0 Å². The minimum Gasteiger partial charge on any atom is -0.368 e. The van der Waals surface area contributed by atoms with Gasteiger partial charge in [0, 0.05) is 37.6 Å². The van der Waals surface area contributed by atoms with E-state index in [1.807, 2.05) is 23.1 Å². The average molecular weight is 419 g/mol. The second-order valence-electron chi connectivity index (χ2n) is 7.84. The van der Waals surface area contributed by atoms with Gasteiger partial charge in [-0.15, -0.1) is 0 Å². The number of halogens is 3. The van der Waals surface area contributed by atoms with E-state index in [4.69, 9.17) is 0 Å². The average Bonchev–Trinajstić information content (AvgIpc) is 2.73. The lowest BCUT2D eigenvalue weighted by Crippen LogP contribution is -2.50. The Hall–Kier alpha value is -2.70. The molecule has 0 saturated carbocycles. The molecule has 0 aliphatic carbocycles. The summed E-state index contributed by atoms with van der Waals surface area (Å²) in [5.74, 6) is 0.282. The molecule has 1 heterocycles. The maximum Gasteiger partial charge on any atom is 0.416 e. The van der Waals surface area contributed by atoms with Crippen LogP contribution >= 0.6 is 0 Å². The normalized spacial score (nSPS) is 14.9. The summed E-state index contributed by atoms with van der Waals surface area (Å²) in [6.45, 7) is 8.13. The number of hydrogen-bond acceptors (Lipinski definition) is 2. The first-order valence-corrected chi connectivity index (χ1v) is 10.3. The molecule has 0 unspecified atom stereocenters. The second-order valence-corrected chi connectivity index (χ2v) is 7.84. The molecule has 0 atom stereocenters. The third kappa shape index (κ3) is 4.89. The summed E-state index contributed by atoms with van der Waals surface area (Å²) >= 11 is 0. The van der Waals surface area contributed by atoms with Crippen molar-refractivity contribution in [3.63, 3.8) is 0 Å². The number of aryl methyl sites for hydroxylation is 1. The number of urea groups is 1. The van der Waals surface area contributed by atoms with Crippen LogP contribution in [0.4, 0.5) is 29.3 Å². The number of hydrogen-bond donors (Lipinski definition) is 1. The number of nitrogens with one attached hydrogen (secondary N) is 1. The van der Waals surface area contributed by atoms with Crippen molar-refractivity contribution in [1.29, 1.82) is 0 Å². The van der Waals surface area contributed by atoms with Crippen molar-refractivity contribution in [1.82, 2.24) is 4.90 Å². The summed E-state index contributed by atoms with van der Waals surface area (Å²) in [4.78, 5) is 16.5. The van der Waals surface area contributed by atoms with E-state index in [1.165, 1.54) is 12.1 Å². The molecule has 1 aliphatic rings. The Morgan fingerprint density at radius 2 is 1.73 bits per heavy atom. The molecule has 1 saturated heterocycles. The summed E-state index contributed by atoms with van der Waals surface area (Å²) < 4.78 is 38.9. The summed E-state index contributed by atoms with van der Waals surface area (Å²) in [5.41, 5.74) is 2.95. The third-order valence-electron chi connectivity index (χ3n) is 5.52. The molecule has 2 aromatic carbocycles. The maximum atomic E-state index is 13.0. The Kier molecular flexibility index (Phi) is 6.58. The van der Waals surface area contributed by atoms with Crippen LogP contribution in [0.25, 0.3) is 0 Å². The monoisotopic (exact) mass is 419 g/mol. The van der Waals surface area contributed by atoms with Crippen LogP contribution in [0.2, 0.25) is 0 Å². The summed E-state index contributed by atoms with van der Waals surface area (Å²) in [5, 5.41) is 3.08. The lowest BCUT2D eigenvalue weighted by Gasteiger charge is -2.36. The predicted octanol–water partition coefficient (Wildman–Crippen LogP) is 5.75. The quantitative estimate of drug-likeness (QED) is 0.685. The molecule has 1 fully saturated rings. The summed E-state index contributed by atoms with van der Waals surface area (Å²) in [7, 11) is 0. The van der Waals surface area contributed by atoms with E-state index in [-0.39, 0.29) is 11.9 Å². The van der Waals surface area contributed by atoms with Gasteiger partial charge in [-0.25, -0.2) is 4.79 Å². The summed E-state index contributed by atoms with van der Waals surface area (Å²) in [6, 6.07) is 11.2. The highest BCUT2D eigenvalue weighted by molar-refractivity contribution is 5.91. The van der Waals surface area contributed by atoms with Crippen LogP contribution in [0, 0.1) is 0 Å². The van der Waals surface area contributed by atoms with Crippen molar-refractivity contribution in [3.05, 3.63) is 59.2 Å². The number of amides is 2. The van der Waals surface area contributed by atoms with Gasteiger partial charge in [0.2, 0.25) is 0 Å². The van der Waals surface area contributed by atoms with E-state index in [9.17, 15) is 18.0 Å². The molecule has 162 valence electrons. The lowest BCUT2D eigenvalue weighted by atomic mass is 9.96. The molecule has 2 amide bonds. The van der Waals surface area contributed by atoms with Gasteiger partial charge in [0.25, 0.3) is 0 Å². The van der Waals surface area contributed by atoms with E-state index in [0.29, 0.717) is 31.9 Å². The largest absolute Gasteiger partial charge is 0.416 e. The first-order valence-electron chi connectivity index (χ1n) is 10.3. The molecule has 0 radical (unpaired) electrons. The molecule has 1 N–H and O–H groups in total.